The fourth-order valence-corrected chi connectivity index (χ4v) is 5.20. The Morgan fingerprint density at radius 2 is 0.878 bits per heavy atom. The summed E-state index contributed by atoms with van der Waals surface area (Å²) in [6.45, 7) is 3.65. The smallest absolute Gasteiger partial charge is 0.462 e. The first-order chi connectivity index (χ1) is 19.8. The van der Waals surface area contributed by atoms with Crippen molar-refractivity contribution in [1.82, 2.24) is 0 Å². The molecule has 8 nitrogen and oxygen atoms in total. The zero-order chi connectivity index (χ0) is 30.4. The van der Waals surface area contributed by atoms with Crippen molar-refractivity contribution in [2.75, 3.05) is 13.2 Å². The monoisotopic (exact) mass is 606 g/mol. The van der Waals surface area contributed by atoms with E-state index < -0.39 is 32.5 Å². The molecule has 0 aromatic rings. The Morgan fingerprint density at radius 3 is 1.24 bits per heavy atom. The van der Waals surface area contributed by atoms with Crippen molar-refractivity contribution >= 4 is 19.8 Å². The molecular formula is C32H63O8P. The summed E-state index contributed by atoms with van der Waals surface area (Å²) >= 11 is 0. The topological polar surface area (TPSA) is 119 Å². The maximum absolute atomic E-state index is 12.3. The van der Waals surface area contributed by atoms with Gasteiger partial charge in [-0.1, -0.05) is 149 Å². The summed E-state index contributed by atoms with van der Waals surface area (Å²) in [5, 5.41) is 0. The summed E-state index contributed by atoms with van der Waals surface area (Å²) < 4.78 is 26.2. The molecule has 0 amide bonds. The fourth-order valence-electron chi connectivity index (χ4n) is 4.84. The van der Waals surface area contributed by atoms with Gasteiger partial charge in [0.05, 0.1) is 6.61 Å². The molecule has 0 aromatic carbocycles. The standard InChI is InChI=1S/C32H63O8P/c1-3-5-7-9-11-13-15-16-17-19-21-23-25-27-32(34)40-30(29-39-41(35,36)37)28-38-31(33)26-24-22-20-18-14-12-10-8-6-4-2/h30H,3-29H2,1-2H3,(H2,35,36,37). The number of rotatable bonds is 31. The van der Waals surface area contributed by atoms with E-state index in [1.807, 2.05) is 0 Å². The van der Waals surface area contributed by atoms with Crippen molar-refractivity contribution in [1.29, 1.82) is 0 Å². The average Bonchev–Trinajstić information content (AvgIpc) is 2.93. The molecule has 0 aliphatic heterocycles. The van der Waals surface area contributed by atoms with Crippen molar-refractivity contribution in [2.24, 2.45) is 0 Å². The number of phosphoric acid groups is 1. The van der Waals surface area contributed by atoms with Gasteiger partial charge in [-0.25, -0.2) is 4.57 Å². The third-order valence-corrected chi connectivity index (χ3v) is 7.86. The molecule has 0 aliphatic rings. The van der Waals surface area contributed by atoms with E-state index in [2.05, 4.69) is 18.4 Å². The quantitative estimate of drug-likeness (QED) is 0.0455. The second-order valence-electron chi connectivity index (χ2n) is 11.5. The molecular weight excluding hydrogens is 543 g/mol. The van der Waals surface area contributed by atoms with Crippen LogP contribution in [0.5, 0.6) is 0 Å². The molecule has 0 rings (SSSR count). The highest BCUT2D eigenvalue weighted by molar-refractivity contribution is 7.46. The molecule has 1 unspecified atom stereocenters. The van der Waals surface area contributed by atoms with Crippen molar-refractivity contribution in [3.63, 3.8) is 0 Å². The van der Waals surface area contributed by atoms with E-state index in [0.717, 1.165) is 32.1 Å². The number of hydrogen-bond donors (Lipinski definition) is 2. The Bertz CT molecular complexity index is 652. The first-order valence-corrected chi connectivity index (χ1v) is 18.4. The fraction of sp³-hybridized carbons (Fsp3) is 0.938. The summed E-state index contributed by atoms with van der Waals surface area (Å²) in [6.07, 6.45) is 26.8. The van der Waals surface area contributed by atoms with Gasteiger partial charge in [-0.15, -0.1) is 0 Å². The molecule has 0 aliphatic carbocycles. The largest absolute Gasteiger partial charge is 0.469 e. The van der Waals surface area contributed by atoms with Crippen LogP contribution in [0.25, 0.3) is 0 Å². The van der Waals surface area contributed by atoms with Crippen LogP contribution in [0.2, 0.25) is 0 Å². The Hall–Kier alpha value is -0.950. The maximum atomic E-state index is 12.3. The molecule has 0 heterocycles. The number of esters is 2. The van der Waals surface area contributed by atoms with Gasteiger partial charge in [0.2, 0.25) is 0 Å². The van der Waals surface area contributed by atoms with E-state index >= 15 is 0 Å². The van der Waals surface area contributed by atoms with Gasteiger partial charge in [0.25, 0.3) is 0 Å². The molecule has 0 radical (unpaired) electrons. The summed E-state index contributed by atoms with van der Waals surface area (Å²) in [5.41, 5.74) is 0. The van der Waals surface area contributed by atoms with Crippen LogP contribution in [0.1, 0.15) is 174 Å². The predicted octanol–water partition coefficient (Wildman–Crippen LogP) is 9.34. The highest BCUT2D eigenvalue weighted by Crippen LogP contribution is 2.36. The van der Waals surface area contributed by atoms with Crippen molar-refractivity contribution < 1.29 is 37.9 Å². The minimum atomic E-state index is -4.73. The van der Waals surface area contributed by atoms with Gasteiger partial charge < -0.3 is 19.3 Å². The van der Waals surface area contributed by atoms with E-state index in [0.29, 0.717) is 6.42 Å². The molecule has 41 heavy (non-hydrogen) atoms. The van der Waals surface area contributed by atoms with Crippen LogP contribution < -0.4 is 0 Å². The van der Waals surface area contributed by atoms with Crippen molar-refractivity contribution in [3.8, 4) is 0 Å². The van der Waals surface area contributed by atoms with Gasteiger partial charge in [-0.2, -0.15) is 0 Å². The van der Waals surface area contributed by atoms with Crippen LogP contribution >= 0.6 is 7.82 Å². The molecule has 0 saturated heterocycles. The lowest BCUT2D eigenvalue weighted by Crippen LogP contribution is -2.29. The Balaban J connectivity index is 3.98. The molecule has 0 spiro atoms. The normalized spacial score (nSPS) is 12.4. The zero-order valence-corrected chi connectivity index (χ0v) is 27.4. The molecule has 0 saturated carbocycles. The van der Waals surface area contributed by atoms with Crippen LogP contribution in [-0.2, 0) is 28.2 Å². The van der Waals surface area contributed by atoms with Gasteiger partial charge in [-0.3, -0.25) is 14.1 Å². The minimum Gasteiger partial charge on any atom is -0.462 e. The Labute approximate surface area is 251 Å². The molecule has 0 fully saturated rings. The predicted molar refractivity (Wildman–Crippen MR) is 166 cm³/mol. The lowest BCUT2D eigenvalue weighted by Gasteiger charge is -2.18. The van der Waals surface area contributed by atoms with Gasteiger partial charge in [0.1, 0.15) is 6.61 Å². The van der Waals surface area contributed by atoms with Crippen molar-refractivity contribution in [3.05, 3.63) is 0 Å². The minimum absolute atomic E-state index is 0.219. The number of hydrogen-bond acceptors (Lipinski definition) is 6. The highest BCUT2D eigenvalue weighted by Gasteiger charge is 2.22. The average molecular weight is 607 g/mol. The van der Waals surface area contributed by atoms with E-state index in [9.17, 15) is 14.2 Å². The molecule has 9 heteroatoms. The van der Waals surface area contributed by atoms with Crippen LogP contribution in [0.4, 0.5) is 0 Å². The number of unbranched alkanes of at least 4 members (excludes halogenated alkanes) is 21. The second kappa shape index (κ2) is 29.1. The van der Waals surface area contributed by atoms with E-state index in [-0.39, 0.29) is 19.4 Å². The van der Waals surface area contributed by atoms with Crippen LogP contribution in [0.15, 0.2) is 0 Å². The first kappa shape index (κ1) is 40.1. The SMILES string of the molecule is CCCCCCCCCCCCCCCC(=O)OC(COC(=O)CCCCCCCCCCCC)COP(=O)(O)O. The number of carbonyl (C=O) groups is 2. The van der Waals surface area contributed by atoms with E-state index in [4.69, 9.17) is 19.3 Å². The Kier molecular flexibility index (Phi) is 28.5. The van der Waals surface area contributed by atoms with Crippen LogP contribution in [0.3, 0.4) is 0 Å². The van der Waals surface area contributed by atoms with Gasteiger partial charge in [0, 0.05) is 12.8 Å². The van der Waals surface area contributed by atoms with Crippen LogP contribution in [-0.4, -0.2) is 41.0 Å². The summed E-state index contributed by atoms with van der Waals surface area (Å²) in [6, 6.07) is 0. The van der Waals surface area contributed by atoms with E-state index in [1.165, 1.54) is 109 Å². The molecule has 244 valence electrons. The lowest BCUT2D eigenvalue weighted by atomic mass is 10.0. The first-order valence-electron chi connectivity index (χ1n) is 16.8. The summed E-state index contributed by atoms with van der Waals surface area (Å²) in [5.74, 6) is -0.878. The zero-order valence-electron chi connectivity index (χ0n) is 26.5. The van der Waals surface area contributed by atoms with E-state index in [1.54, 1.807) is 0 Å². The third-order valence-electron chi connectivity index (χ3n) is 7.38. The number of carbonyl (C=O) groups excluding carboxylic acids is 2. The molecule has 0 bridgehead atoms. The van der Waals surface area contributed by atoms with Crippen LogP contribution in [0, 0.1) is 0 Å². The Morgan fingerprint density at radius 1 is 0.537 bits per heavy atom. The van der Waals surface area contributed by atoms with Gasteiger partial charge in [-0.05, 0) is 12.8 Å². The van der Waals surface area contributed by atoms with Gasteiger partial charge in [0.15, 0.2) is 6.10 Å². The third kappa shape index (κ3) is 31.8. The lowest BCUT2D eigenvalue weighted by molar-refractivity contribution is -0.161. The molecule has 0 aromatic heterocycles. The second-order valence-corrected chi connectivity index (χ2v) is 12.7. The number of ether oxygens (including phenoxy) is 2. The van der Waals surface area contributed by atoms with Crippen molar-refractivity contribution in [2.45, 2.75) is 180 Å². The summed E-state index contributed by atoms with van der Waals surface area (Å²) in [7, 11) is -4.73. The molecule has 1 atom stereocenters. The number of phosphoric ester groups is 1. The molecule has 2 N–H and O–H groups in total. The van der Waals surface area contributed by atoms with Gasteiger partial charge >= 0.3 is 19.8 Å². The maximum Gasteiger partial charge on any atom is 0.469 e. The highest BCUT2D eigenvalue weighted by atomic mass is 31.2. The summed E-state index contributed by atoms with van der Waals surface area (Å²) in [4.78, 5) is 42.4.